The highest BCUT2D eigenvalue weighted by molar-refractivity contribution is 7.71. The lowest BCUT2D eigenvalue weighted by Crippen LogP contribution is -1.96. The van der Waals surface area contributed by atoms with E-state index in [1.807, 2.05) is 19.9 Å². The molecule has 1 N–H and O–H groups in total. The van der Waals surface area contributed by atoms with Crippen molar-refractivity contribution in [2.45, 2.75) is 13.8 Å². The fourth-order valence-corrected chi connectivity index (χ4v) is 2.32. The summed E-state index contributed by atoms with van der Waals surface area (Å²) in [4.78, 5) is 4.38. The van der Waals surface area contributed by atoms with Crippen molar-refractivity contribution in [1.29, 1.82) is 0 Å². The Morgan fingerprint density at radius 2 is 1.95 bits per heavy atom. The molecule has 0 unspecified atom stereocenters. The highest BCUT2D eigenvalue weighted by atomic mass is 32.1. The van der Waals surface area contributed by atoms with Crippen LogP contribution in [0.2, 0.25) is 0 Å². The molecule has 2 heterocycles. The summed E-state index contributed by atoms with van der Waals surface area (Å²) in [6.45, 7) is 4.06. The van der Waals surface area contributed by atoms with Gasteiger partial charge in [-0.05, 0) is 37.1 Å². The van der Waals surface area contributed by atoms with Crippen LogP contribution in [0.5, 0.6) is 0 Å². The summed E-state index contributed by atoms with van der Waals surface area (Å²) < 4.78 is 0.695. The number of hydrogen-bond donors (Lipinski definition) is 1. The first-order valence-corrected chi connectivity index (χ1v) is 6.48. The van der Waals surface area contributed by atoms with Crippen LogP contribution in [0, 0.1) is 18.5 Å². The molecule has 0 atom stereocenters. The second-order valence-corrected chi connectivity index (χ2v) is 4.97. The number of pyridine rings is 1. The molecular formula is C15H13N3S. The normalized spacial score (nSPS) is 10.8. The van der Waals surface area contributed by atoms with Crippen LogP contribution in [0.4, 0.5) is 0 Å². The predicted octanol–water partition coefficient (Wildman–Crippen LogP) is 3.97. The minimum atomic E-state index is 0.695. The molecular weight excluding hydrogens is 254 g/mol. The Kier molecular flexibility index (Phi) is 2.87. The SMILES string of the molecule is Cc1c(-c2ccc3cccnc3c2)n[nH]c(=S)c1C. The molecule has 0 aliphatic rings. The van der Waals surface area contributed by atoms with Crippen molar-refractivity contribution in [3.8, 4) is 11.3 Å². The highest BCUT2D eigenvalue weighted by Gasteiger charge is 2.08. The largest absolute Gasteiger partial charge is 0.267 e. The smallest absolute Gasteiger partial charge is 0.122 e. The fourth-order valence-electron chi connectivity index (χ4n) is 2.12. The maximum Gasteiger partial charge on any atom is 0.122 e. The third-order valence-corrected chi connectivity index (χ3v) is 3.80. The molecule has 0 aliphatic heterocycles. The Balaban J connectivity index is 2.25. The van der Waals surface area contributed by atoms with Gasteiger partial charge in [-0.1, -0.05) is 30.4 Å². The van der Waals surface area contributed by atoms with E-state index in [-0.39, 0.29) is 0 Å². The Hall–Kier alpha value is -2.07. The molecule has 0 aliphatic carbocycles. The standard InChI is InChI=1S/C15H13N3S/c1-9-10(2)15(19)18-17-14(9)12-6-5-11-4-3-7-16-13(11)8-12/h3-8H,1-2H3,(H,18,19). The van der Waals surface area contributed by atoms with Crippen LogP contribution in [0.1, 0.15) is 11.1 Å². The van der Waals surface area contributed by atoms with Crippen molar-refractivity contribution in [1.82, 2.24) is 15.2 Å². The predicted molar refractivity (Wildman–Crippen MR) is 79.6 cm³/mol. The van der Waals surface area contributed by atoms with Crippen LogP contribution in [0.25, 0.3) is 22.2 Å². The van der Waals surface area contributed by atoms with Gasteiger partial charge in [-0.2, -0.15) is 5.10 Å². The zero-order valence-electron chi connectivity index (χ0n) is 10.8. The molecule has 19 heavy (non-hydrogen) atoms. The molecule has 3 rings (SSSR count). The molecule has 1 aromatic carbocycles. The van der Waals surface area contributed by atoms with Gasteiger partial charge >= 0.3 is 0 Å². The van der Waals surface area contributed by atoms with Crippen LogP contribution >= 0.6 is 12.2 Å². The molecule has 4 heteroatoms. The van der Waals surface area contributed by atoms with Gasteiger partial charge in [0, 0.05) is 17.1 Å². The van der Waals surface area contributed by atoms with E-state index < -0.39 is 0 Å². The minimum Gasteiger partial charge on any atom is -0.267 e. The average molecular weight is 267 g/mol. The van der Waals surface area contributed by atoms with Crippen molar-refractivity contribution >= 4 is 23.1 Å². The van der Waals surface area contributed by atoms with Crippen molar-refractivity contribution in [2.75, 3.05) is 0 Å². The monoisotopic (exact) mass is 267 g/mol. The third kappa shape index (κ3) is 2.04. The number of H-pyrrole nitrogens is 1. The van der Waals surface area contributed by atoms with Gasteiger partial charge in [0.2, 0.25) is 0 Å². The molecule has 0 bridgehead atoms. The van der Waals surface area contributed by atoms with Gasteiger partial charge in [-0.15, -0.1) is 0 Å². The first kappa shape index (κ1) is 12.0. The summed E-state index contributed by atoms with van der Waals surface area (Å²) in [6.07, 6.45) is 1.80. The molecule has 94 valence electrons. The van der Waals surface area contributed by atoms with Crippen LogP contribution in [0.15, 0.2) is 36.5 Å². The van der Waals surface area contributed by atoms with Gasteiger partial charge in [-0.25, -0.2) is 0 Å². The van der Waals surface area contributed by atoms with E-state index in [9.17, 15) is 0 Å². The Morgan fingerprint density at radius 1 is 1.11 bits per heavy atom. The maximum atomic E-state index is 5.20. The zero-order valence-corrected chi connectivity index (χ0v) is 11.6. The zero-order chi connectivity index (χ0) is 13.4. The molecule has 0 amide bonds. The lowest BCUT2D eigenvalue weighted by atomic mass is 10.0. The quantitative estimate of drug-likeness (QED) is 0.678. The Labute approximate surface area is 116 Å². The first-order valence-electron chi connectivity index (χ1n) is 6.08. The molecule has 3 nitrogen and oxygen atoms in total. The van der Waals surface area contributed by atoms with Crippen molar-refractivity contribution < 1.29 is 0 Å². The lowest BCUT2D eigenvalue weighted by Gasteiger charge is -2.08. The first-order chi connectivity index (χ1) is 9.16. The average Bonchev–Trinajstić information content (AvgIpc) is 2.44. The second-order valence-electron chi connectivity index (χ2n) is 4.56. The summed E-state index contributed by atoms with van der Waals surface area (Å²) in [6, 6.07) is 10.2. The van der Waals surface area contributed by atoms with Crippen molar-refractivity contribution in [3.63, 3.8) is 0 Å². The van der Waals surface area contributed by atoms with Gasteiger partial charge in [-0.3, -0.25) is 10.1 Å². The highest BCUT2D eigenvalue weighted by Crippen LogP contribution is 2.25. The number of aromatic nitrogens is 3. The number of hydrogen-bond acceptors (Lipinski definition) is 3. The van der Waals surface area contributed by atoms with Crippen LogP contribution in [-0.2, 0) is 0 Å². The number of fused-ring (bicyclic) bond motifs is 1. The third-order valence-electron chi connectivity index (χ3n) is 3.41. The van der Waals surface area contributed by atoms with Gasteiger partial charge < -0.3 is 0 Å². The van der Waals surface area contributed by atoms with Crippen LogP contribution in [-0.4, -0.2) is 15.2 Å². The number of rotatable bonds is 1. The van der Waals surface area contributed by atoms with Gasteiger partial charge in [0.15, 0.2) is 0 Å². The summed E-state index contributed by atoms with van der Waals surface area (Å²) in [7, 11) is 0. The molecule has 2 aromatic heterocycles. The van der Waals surface area contributed by atoms with Gasteiger partial charge in [0.25, 0.3) is 0 Å². The van der Waals surface area contributed by atoms with Crippen LogP contribution in [0.3, 0.4) is 0 Å². The summed E-state index contributed by atoms with van der Waals surface area (Å²) in [5.41, 5.74) is 5.14. The van der Waals surface area contributed by atoms with E-state index in [2.05, 4.69) is 39.4 Å². The van der Waals surface area contributed by atoms with E-state index in [1.165, 1.54) is 0 Å². The van der Waals surface area contributed by atoms with Gasteiger partial charge in [0.05, 0.1) is 11.2 Å². The molecule has 0 saturated heterocycles. The van der Waals surface area contributed by atoms with E-state index in [0.29, 0.717) is 4.64 Å². The summed E-state index contributed by atoms with van der Waals surface area (Å²) >= 11 is 5.20. The van der Waals surface area contributed by atoms with E-state index in [1.54, 1.807) is 6.20 Å². The number of nitrogens with one attached hydrogen (secondary N) is 1. The number of benzene rings is 1. The van der Waals surface area contributed by atoms with Crippen molar-refractivity contribution in [3.05, 3.63) is 52.3 Å². The molecule has 0 fully saturated rings. The fraction of sp³-hybridized carbons (Fsp3) is 0.133. The van der Waals surface area contributed by atoms with Gasteiger partial charge in [0.1, 0.15) is 4.64 Å². The number of aromatic amines is 1. The summed E-state index contributed by atoms with van der Waals surface area (Å²) in [5, 5.41) is 8.39. The Morgan fingerprint density at radius 3 is 2.79 bits per heavy atom. The molecule has 0 radical (unpaired) electrons. The Bertz CT molecular complexity index is 821. The topological polar surface area (TPSA) is 41.6 Å². The molecule has 0 saturated carbocycles. The van der Waals surface area contributed by atoms with E-state index in [4.69, 9.17) is 12.2 Å². The van der Waals surface area contributed by atoms with Crippen molar-refractivity contribution in [2.24, 2.45) is 0 Å². The molecule has 3 aromatic rings. The second kappa shape index (κ2) is 4.55. The minimum absolute atomic E-state index is 0.695. The summed E-state index contributed by atoms with van der Waals surface area (Å²) in [5.74, 6) is 0. The van der Waals surface area contributed by atoms with E-state index in [0.717, 1.165) is 33.3 Å². The lowest BCUT2D eigenvalue weighted by molar-refractivity contribution is 0.987. The van der Waals surface area contributed by atoms with Crippen LogP contribution < -0.4 is 0 Å². The van der Waals surface area contributed by atoms with E-state index >= 15 is 0 Å². The molecule has 0 spiro atoms. The maximum absolute atomic E-state index is 5.20. The number of nitrogens with zero attached hydrogens (tertiary/aromatic N) is 2.